The van der Waals surface area contributed by atoms with Crippen LogP contribution in [-0.4, -0.2) is 46.2 Å². The van der Waals surface area contributed by atoms with Crippen LogP contribution in [0, 0.1) is 0 Å². The molecule has 1 fully saturated rings. The summed E-state index contributed by atoms with van der Waals surface area (Å²) in [5.41, 5.74) is 0.348. The van der Waals surface area contributed by atoms with Crippen LogP contribution in [-0.2, 0) is 6.18 Å². The van der Waals surface area contributed by atoms with Crippen LogP contribution in [0.4, 0.5) is 13.2 Å². The molecule has 3 rings (SSSR count). The smallest absolute Gasteiger partial charge is 0.470 e. The topological polar surface area (TPSA) is 81.4 Å². The second kappa shape index (κ2) is 6.69. The van der Waals surface area contributed by atoms with Crippen LogP contribution in [0.1, 0.15) is 40.9 Å². The third kappa shape index (κ3) is 3.57. The van der Waals surface area contributed by atoms with Crippen LogP contribution in [0.2, 0.25) is 0 Å². The molecule has 1 aliphatic heterocycles. The predicted octanol–water partition coefficient (Wildman–Crippen LogP) is 2.51. The van der Waals surface area contributed by atoms with Crippen LogP contribution in [0.5, 0.6) is 5.88 Å². The summed E-state index contributed by atoms with van der Waals surface area (Å²) in [5.74, 6) is -1.69. The van der Waals surface area contributed by atoms with Gasteiger partial charge in [0, 0.05) is 25.2 Å². The van der Waals surface area contributed by atoms with Crippen LogP contribution >= 0.6 is 0 Å². The van der Waals surface area contributed by atoms with E-state index in [0.717, 1.165) is 0 Å². The van der Waals surface area contributed by atoms with E-state index in [9.17, 15) is 18.0 Å². The predicted molar refractivity (Wildman–Crippen MR) is 78.0 cm³/mol. The average molecular weight is 356 g/mol. The van der Waals surface area contributed by atoms with Crippen molar-refractivity contribution >= 4 is 5.91 Å². The first-order valence-electron chi connectivity index (χ1n) is 7.59. The van der Waals surface area contributed by atoms with E-state index in [1.165, 1.54) is 13.3 Å². The molecule has 1 aliphatic rings. The number of ether oxygens (including phenoxy) is 1. The number of pyridine rings is 1. The maximum absolute atomic E-state index is 12.6. The second-order valence-electron chi connectivity index (χ2n) is 5.57. The number of carbonyl (C=O) groups excluding carboxylic acids is 1. The molecule has 0 radical (unpaired) electrons. The first-order chi connectivity index (χ1) is 11.9. The number of nitrogens with zero attached hydrogens (tertiary/aromatic N) is 4. The van der Waals surface area contributed by atoms with E-state index in [1.807, 2.05) is 0 Å². The lowest BCUT2D eigenvalue weighted by molar-refractivity contribution is -0.157. The number of piperidine rings is 1. The zero-order valence-electron chi connectivity index (χ0n) is 13.3. The quantitative estimate of drug-likeness (QED) is 0.841. The molecule has 2 aromatic heterocycles. The number of methoxy groups -OCH3 is 1. The first kappa shape index (κ1) is 17.2. The van der Waals surface area contributed by atoms with E-state index >= 15 is 0 Å². The van der Waals surface area contributed by atoms with Crippen molar-refractivity contribution in [3.63, 3.8) is 0 Å². The lowest BCUT2D eigenvalue weighted by Gasteiger charge is -2.30. The summed E-state index contributed by atoms with van der Waals surface area (Å²) in [6.45, 7) is 0.733. The fourth-order valence-corrected chi connectivity index (χ4v) is 2.73. The molecule has 25 heavy (non-hydrogen) atoms. The highest BCUT2D eigenvalue weighted by Crippen LogP contribution is 2.33. The Hall–Kier alpha value is -2.65. The number of amides is 1. The highest BCUT2D eigenvalue weighted by atomic mass is 19.4. The molecule has 2 aromatic rings. The number of hydrogen-bond acceptors (Lipinski definition) is 6. The number of alkyl halides is 3. The van der Waals surface area contributed by atoms with Crippen LogP contribution in [0.3, 0.4) is 0 Å². The second-order valence-corrected chi connectivity index (χ2v) is 5.57. The Labute approximate surface area is 140 Å². The van der Waals surface area contributed by atoms with E-state index in [1.54, 1.807) is 17.0 Å². The molecule has 0 N–H and O–H groups in total. The van der Waals surface area contributed by atoms with Gasteiger partial charge in [-0.25, -0.2) is 4.98 Å². The van der Waals surface area contributed by atoms with Crippen molar-refractivity contribution in [2.75, 3.05) is 20.2 Å². The fraction of sp³-hybridized carbons (Fsp3) is 0.467. The minimum absolute atomic E-state index is 0.0432. The third-order valence-corrected chi connectivity index (χ3v) is 4.01. The Morgan fingerprint density at radius 2 is 2.04 bits per heavy atom. The number of likely N-dealkylation sites (tertiary alicyclic amines) is 1. The molecule has 0 bridgehead atoms. The molecule has 0 aromatic carbocycles. The molecular formula is C15H15F3N4O3. The summed E-state index contributed by atoms with van der Waals surface area (Å²) in [6, 6.07) is 3.26. The molecule has 1 saturated heterocycles. The van der Waals surface area contributed by atoms with Crippen molar-refractivity contribution in [2.45, 2.75) is 24.9 Å². The number of halogens is 3. The number of hydrogen-bond donors (Lipinski definition) is 0. The van der Waals surface area contributed by atoms with Crippen LogP contribution < -0.4 is 4.74 Å². The van der Waals surface area contributed by atoms with Gasteiger partial charge >= 0.3 is 12.1 Å². The van der Waals surface area contributed by atoms with Gasteiger partial charge in [0.05, 0.1) is 7.11 Å². The zero-order chi connectivity index (χ0) is 18.0. The van der Waals surface area contributed by atoms with E-state index in [2.05, 4.69) is 15.2 Å². The Kier molecular flexibility index (Phi) is 4.60. The minimum atomic E-state index is -4.65. The van der Waals surface area contributed by atoms with Crippen molar-refractivity contribution in [3.05, 3.63) is 35.7 Å². The van der Waals surface area contributed by atoms with Gasteiger partial charge in [-0.2, -0.15) is 13.2 Å². The maximum atomic E-state index is 12.6. The van der Waals surface area contributed by atoms with Gasteiger partial charge in [0.15, 0.2) is 0 Å². The molecule has 0 atom stereocenters. The minimum Gasteiger partial charge on any atom is -0.480 e. The van der Waals surface area contributed by atoms with Crippen molar-refractivity contribution in [2.24, 2.45) is 0 Å². The molecule has 134 valence electrons. The summed E-state index contributed by atoms with van der Waals surface area (Å²) in [6.07, 6.45) is -2.25. The van der Waals surface area contributed by atoms with Gasteiger partial charge < -0.3 is 14.1 Å². The fourth-order valence-electron chi connectivity index (χ4n) is 2.73. The largest absolute Gasteiger partial charge is 0.480 e. The Morgan fingerprint density at radius 1 is 1.32 bits per heavy atom. The summed E-state index contributed by atoms with van der Waals surface area (Å²) < 4.78 is 47.4. The summed E-state index contributed by atoms with van der Waals surface area (Å²) in [7, 11) is 1.43. The third-order valence-electron chi connectivity index (χ3n) is 4.01. The molecule has 3 heterocycles. The van der Waals surface area contributed by atoms with Gasteiger partial charge in [0.1, 0.15) is 5.56 Å². The van der Waals surface area contributed by atoms with E-state index in [4.69, 9.17) is 9.15 Å². The highest BCUT2D eigenvalue weighted by Gasteiger charge is 2.39. The van der Waals surface area contributed by atoms with Gasteiger partial charge in [0.25, 0.3) is 5.91 Å². The van der Waals surface area contributed by atoms with Gasteiger partial charge in [-0.1, -0.05) is 0 Å². The van der Waals surface area contributed by atoms with E-state index in [0.29, 0.717) is 31.5 Å². The number of carbonyl (C=O) groups is 1. The average Bonchev–Trinajstić information content (AvgIpc) is 3.12. The SMILES string of the molecule is COc1ncccc1C(=O)N1CCC(c2nnc(C(F)(F)F)o2)CC1. The lowest BCUT2D eigenvalue weighted by Crippen LogP contribution is -2.38. The van der Waals surface area contributed by atoms with Crippen LogP contribution in [0.25, 0.3) is 0 Å². The van der Waals surface area contributed by atoms with E-state index < -0.39 is 12.1 Å². The van der Waals surface area contributed by atoms with Gasteiger partial charge in [-0.15, -0.1) is 10.2 Å². The molecule has 10 heteroatoms. The van der Waals surface area contributed by atoms with Crippen LogP contribution in [0.15, 0.2) is 22.7 Å². The number of rotatable bonds is 3. The Morgan fingerprint density at radius 3 is 2.64 bits per heavy atom. The Balaban J connectivity index is 1.66. The van der Waals surface area contributed by atoms with Crippen molar-refractivity contribution in [1.29, 1.82) is 0 Å². The molecule has 0 spiro atoms. The van der Waals surface area contributed by atoms with Gasteiger partial charge in [-0.3, -0.25) is 4.79 Å². The van der Waals surface area contributed by atoms with Crippen molar-refractivity contribution < 1.29 is 27.1 Å². The highest BCUT2D eigenvalue weighted by molar-refractivity contribution is 5.96. The lowest BCUT2D eigenvalue weighted by atomic mass is 9.96. The maximum Gasteiger partial charge on any atom is 0.470 e. The summed E-state index contributed by atoms with van der Waals surface area (Å²) in [4.78, 5) is 18.2. The summed E-state index contributed by atoms with van der Waals surface area (Å²) >= 11 is 0. The summed E-state index contributed by atoms with van der Waals surface area (Å²) in [5, 5.41) is 6.53. The molecule has 0 saturated carbocycles. The molecule has 0 aliphatic carbocycles. The Bertz CT molecular complexity index is 754. The standard InChI is InChI=1S/C15H15F3N4O3/c1-24-12-10(3-2-6-19-12)13(23)22-7-4-9(5-8-22)11-20-21-14(25-11)15(16,17)18/h2-3,6,9H,4-5,7-8H2,1H3. The number of aromatic nitrogens is 3. The monoisotopic (exact) mass is 356 g/mol. The van der Waals surface area contributed by atoms with Crippen molar-refractivity contribution in [3.8, 4) is 5.88 Å². The normalized spacial score (nSPS) is 16.1. The molecule has 0 unspecified atom stereocenters. The zero-order valence-corrected chi connectivity index (χ0v) is 13.3. The molecular weight excluding hydrogens is 341 g/mol. The van der Waals surface area contributed by atoms with Gasteiger partial charge in [0.2, 0.25) is 11.8 Å². The van der Waals surface area contributed by atoms with E-state index in [-0.39, 0.29) is 23.6 Å². The van der Waals surface area contributed by atoms with Crippen molar-refractivity contribution in [1.82, 2.24) is 20.1 Å². The first-order valence-corrected chi connectivity index (χ1v) is 7.59. The molecule has 7 nitrogen and oxygen atoms in total. The van der Waals surface area contributed by atoms with Gasteiger partial charge in [-0.05, 0) is 25.0 Å². The molecule has 1 amide bonds.